The van der Waals surface area contributed by atoms with Crippen molar-refractivity contribution in [2.45, 2.75) is 52.5 Å². The summed E-state index contributed by atoms with van der Waals surface area (Å²) in [6.45, 7) is 10.8. The predicted molar refractivity (Wildman–Crippen MR) is 73.2 cm³/mol. The molecule has 0 aliphatic rings. The van der Waals surface area contributed by atoms with E-state index in [-0.39, 0.29) is 11.5 Å². The Morgan fingerprint density at radius 2 is 1.82 bits per heavy atom. The van der Waals surface area contributed by atoms with Crippen molar-refractivity contribution in [2.75, 3.05) is 0 Å². The second kappa shape index (κ2) is 5.09. The number of benzene rings is 1. The first-order chi connectivity index (χ1) is 7.71. The number of nitrogens with two attached hydrogens (primary N) is 1. The molecular formula is C15H25NO. The molecule has 0 saturated heterocycles. The van der Waals surface area contributed by atoms with Crippen LogP contribution in [0.15, 0.2) is 18.2 Å². The van der Waals surface area contributed by atoms with Crippen molar-refractivity contribution < 1.29 is 5.11 Å². The zero-order valence-corrected chi connectivity index (χ0v) is 11.6. The van der Waals surface area contributed by atoms with Gasteiger partial charge in [-0.3, -0.25) is 0 Å². The minimum absolute atomic E-state index is 0.0833. The molecule has 1 rings (SSSR count). The summed E-state index contributed by atoms with van der Waals surface area (Å²) >= 11 is 0. The van der Waals surface area contributed by atoms with Crippen molar-refractivity contribution >= 4 is 0 Å². The number of aromatic hydroxyl groups is 1. The van der Waals surface area contributed by atoms with Gasteiger partial charge in [-0.15, -0.1) is 0 Å². The summed E-state index contributed by atoms with van der Waals surface area (Å²) in [5, 5.41) is 9.90. The lowest BCUT2D eigenvalue weighted by molar-refractivity contribution is 0.443. The summed E-state index contributed by atoms with van der Waals surface area (Å²) in [6.07, 6.45) is 0.890. The number of phenolic OH excluding ortho intramolecular Hbond substituents is 1. The van der Waals surface area contributed by atoms with Crippen molar-refractivity contribution in [1.82, 2.24) is 0 Å². The van der Waals surface area contributed by atoms with Gasteiger partial charge in [0.2, 0.25) is 0 Å². The van der Waals surface area contributed by atoms with E-state index in [1.165, 1.54) is 5.56 Å². The zero-order valence-electron chi connectivity index (χ0n) is 11.6. The molecule has 0 radical (unpaired) electrons. The van der Waals surface area contributed by atoms with Crippen molar-refractivity contribution in [3.05, 3.63) is 29.3 Å². The van der Waals surface area contributed by atoms with Crippen LogP contribution in [0.1, 0.15) is 58.2 Å². The smallest absolute Gasteiger partial charge is 0.120 e. The summed E-state index contributed by atoms with van der Waals surface area (Å²) in [6, 6.07) is 5.69. The number of hydrogen-bond donors (Lipinski definition) is 2. The van der Waals surface area contributed by atoms with E-state index < -0.39 is 0 Å². The molecule has 0 aliphatic heterocycles. The summed E-state index contributed by atoms with van der Waals surface area (Å²) in [4.78, 5) is 0. The molecule has 0 amide bonds. The molecule has 2 heteroatoms. The van der Waals surface area contributed by atoms with Crippen LogP contribution in [-0.4, -0.2) is 5.11 Å². The quantitative estimate of drug-likeness (QED) is 0.838. The molecule has 0 aromatic heterocycles. The third kappa shape index (κ3) is 3.74. The Labute approximate surface area is 105 Å². The van der Waals surface area contributed by atoms with Gasteiger partial charge in [0.1, 0.15) is 5.75 Å². The molecule has 1 aromatic carbocycles. The van der Waals surface area contributed by atoms with Gasteiger partial charge < -0.3 is 10.8 Å². The van der Waals surface area contributed by atoms with Gasteiger partial charge in [-0.2, -0.15) is 0 Å². The maximum absolute atomic E-state index is 9.90. The molecule has 1 atom stereocenters. The van der Waals surface area contributed by atoms with E-state index in [4.69, 9.17) is 5.73 Å². The topological polar surface area (TPSA) is 46.2 Å². The SMILES string of the molecule is CC(C)CC(N)c1cc(C(C)(C)C)ccc1O. The summed E-state index contributed by atoms with van der Waals surface area (Å²) in [5.41, 5.74) is 8.31. The summed E-state index contributed by atoms with van der Waals surface area (Å²) < 4.78 is 0. The lowest BCUT2D eigenvalue weighted by Crippen LogP contribution is -2.16. The molecule has 0 aliphatic carbocycles. The second-order valence-corrected chi connectivity index (χ2v) is 6.26. The molecule has 2 nitrogen and oxygen atoms in total. The van der Waals surface area contributed by atoms with Crippen LogP contribution in [0.2, 0.25) is 0 Å². The maximum atomic E-state index is 9.90. The highest BCUT2D eigenvalue weighted by molar-refractivity contribution is 5.40. The Kier molecular flexibility index (Phi) is 4.21. The molecule has 0 bridgehead atoms. The normalized spacial score (nSPS) is 14.1. The second-order valence-electron chi connectivity index (χ2n) is 6.26. The molecule has 1 unspecified atom stereocenters. The van der Waals surface area contributed by atoms with Gasteiger partial charge in [0.25, 0.3) is 0 Å². The van der Waals surface area contributed by atoms with Gasteiger partial charge in [0.05, 0.1) is 0 Å². The number of rotatable bonds is 3. The van der Waals surface area contributed by atoms with Gasteiger partial charge >= 0.3 is 0 Å². The minimum Gasteiger partial charge on any atom is -0.508 e. The molecule has 0 saturated carbocycles. The Hall–Kier alpha value is -1.02. The lowest BCUT2D eigenvalue weighted by atomic mass is 9.84. The van der Waals surface area contributed by atoms with Crippen LogP contribution >= 0.6 is 0 Å². The Balaban J connectivity index is 3.06. The first-order valence-electron chi connectivity index (χ1n) is 6.30. The van der Waals surface area contributed by atoms with E-state index in [1.54, 1.807) is 6.07 Å². The molecule has 0 heterocycles. The van der Waals surface area contributed by atoms with Crippen LogP contribution in [0.4, 0.5) is 0 Å². The van der Waals surface area contributed by atoms with Crippen molar-refractivity contribution in [1.29, 1.82) is 0 Å². The van der Waals surface area contributed by atoms with Crippen molar-refractivity contribution in [2.24, 2.45) is 11.7 Å². The van der Waals surface area contributed by atoms with Crippen molar-refractivity contribution in [3.8, 4) is 5.75 Å². The van der Waals surface area contributed by atoms with E-state index in [0.717, 1.165) is 12.0 Å². The Bertz CT molecular complexity index is 377. The fraction of sp³-hybridized carbons (Fsp3) is 0.600. The fourth-order valence-electron chi connectivity index (χ4n) is 1.95. The number of hydrogen-bond acceptors (Lipinski definition) is 2. The largest absolute Gasteiger partial charge is 0.508 e. The van der Waals surface area contributed by atoms with Crippen LogP contribution in [0.5, 0.6) is 5.75 Å². The summed E-state index contributed by atoms with van der Waals surface area (Å²) in [7, 11) is 0. The third-order valence-electron chi connectivity index (χ3n) is 3.02. The third-order valence-corrected chi connectivity index (χ3v) is 3.02. The Morgan fingerprint density at radius 1 is 1.24 bits per heavy atom. The zero-order chi connectivity index (χ0) is 13.2. The van der Waals surface area contributed by atoms with E-state index in [2.05, 4.69) is 34.6 Å². The first kappa shape index (κ1) is 14.0. The molecular weight excluding hydrogens is 210 g/mol. The Morgan fingerprint density at radius 3 is 2.29 bits per heavy atom. The average molecular weight is 235 g/mol. The van der Waals surface area contributed by atoms with Gasteiger partial charge in [-0.1, -0.05) is 46.8 Å². The number of phenols is 1. The van der Waals surface area contributed by atoms with Gasteiger partial charge in [0, 0.05) is 11.6 Å². The molecule has 0 spiro atoms. The van der Waals surface area contributed by atoms with E-state index in [9.17, 15) is 5.11 Å². The van der Waals surface area contributed by atoms with Crippen molar-refractivity contribution in [3.63, 3.8) is 0 Å². The monoisotopic (exact) mass is 235 g/mol. The standard InChI is InChI=1S/C15H25NO/c1-10(2)8-13(16)12-9-11(15(3,4)5)6-7-14(12)17/h6-7,9-10,13,17H,8,16H2,1-5H3. The van der Waals surface area contributed by atoms with Gasteiger partial charge in [-0.05, 0) is 29.4 Å². The van der Waals surface area contributed by atoms with Gasteiger partial charge in [0.15, 0.2) is 0 Å². The van der Waals surface area contributed by atoms with E-state index in [1.807, 2.05) is 12.1 Å². The summed E-state index contributed by atoms with van der Waals surface area (Å²) in [5.74, 6) is 0.842. The highest BCUT2D eigenvalue weighted by Gasteiger charge is 2.18. The molecule has 3 N–H and O–H groups in total. The highest BCUT2D eigenvalue weighted by atomic mass is 16.3. The molecule has 1 aromatic rings. The fourth-order valence-corrected chi connectivity index (χ4v) is 1.95. The van der Waals surface area contributed by atoms with E-state index >= 15 is 0 Å². The van der Waals surface area contributed by atoms with Crippen LogP contribution in [0.25, 0.3) is 0 Å². The van der Waals surface area contributed by atoms with Crippen LogP contribution in [0, 0.1) is 5.92 Å². The molecule has 96 valence electrons. The first-order valence-corrected chi connectivity index (χ1v) is 6.30. The molecule has 17 heavy (non-hydrogen) atoms. The highest BCUT2D eigenvalue weighted by Crippen LogP contribution is 2.32. The average Bonchev–Trinajstić information content (AvgIpc) is 2.15. The van der Waals surface area contributed by atoms with E-state index in [0.29, 0.717) is 11.7 Å². The van der Waals surface area contributed by atoms with Gasteiger partial charge in [-0.25, -0.2) is 0 Å². The van der Waals surface area contributed by atoms with Crippen LogP contribution in [0.3, 0.4) is 0 Å². The maximum Gasteiger partial charge on any atom is 0.120 e. The minimum atomic E-state index is -0.0858. The molecule has 0 fully saturated rings. The predicted octanol–water partition coefficient (Wildman–Crippen LogP) is 3.74. The van der Waals surface area contributed by atoms with Crippen LogP contribution < -0.4 is 5.73 Å². The van der Waals surface area contributed by atoms with Crippen LogP contribution in [-0.2, 0) is 5.41 Å². The lowest BCUT2D eigenvalue weighted by Gasteiger charge is -2.22.